The van der Waals surface area contributed by atoms with Crippen LogP contribution in [0.4, 0.5) is 0 Å². The van der Waals surface area contributed by atoms with E-state index in [1.807, 2.05) is 0 Å². The summed E-state index contributed by atoms with van der Waals surface area (Å²) < 4.78 is 36.8. The number of likely N-dealkylation sites (tertiary alicyclic amines) is 1. The first-order valence-electron chi connectivity index (χ1n) is 12.5. The summed E-state index contributed by atoms with van der Waals surface area (Å²) in [5, 5.41) is 0. The number of carbonyl (C=O) groups is 1. The molecule has 1 saturated carbocycles. The second-order valence-corrected chi connectivity index (χ2v) is 12.2. The summed E-state index contributed by atoms with van der Waals surface area (Å²) in [4.78, 5) is 15.4. The highest BCUT2D eigenvalue weighted by Crippen LogP contribution is 2.32. The summed E-state index contributed by atoms with van der Waals surface area (Å²) in [6.45, 7) is 2.10. The SMILES string of the molecule is O=C(C1CCC(CNS(=O)(=O)c2cccc3nsnc23)CC1)N1CCC(Cc2ccccc2)CC1. The lowest BCUT2D eigenvalue weighted by molar-refractivity contribution is -0.138. The third-order valence-corrected chi connectivity index (χ3v) is 9.59. The minimum absolute atomic E-state index is 0.0726. The van der Waals surface area contributed by atoms with Crippen molar-refractivity contribution < 1.29 is 13.2 Å². The molecule has 2 aliphatic rings. The van der Waals surface area contributed by atoms with Crippen molar-refractivity contribution in [3.8, 4) is 0 Å². The van der Waals surface area contributed by atoms with Gasteiger partial charge in [0.2, 0.25) is 15.9 Å². The normalized spacial score (nSPS) is 21.9. The van der Waals surface area contributed by atoms with Crippen molar-refractivity contribution >= 4 is 38.7 Å². The van der Waals surface area contributed by atoms with Crippen LogP contribution in [0.5, 0.6) is 0 Å². The van der Waals surface area contributed by atoms with Gasteiger partial charge in [-0.05, 0) is 74.5 Å². The number of nitrogens with zero attached hydrogens (tertiary/aromatic N) is 3. The van der Waals surface area contributed by atoms with Crippen molar-refractivity contribution in [3.63, 3.8) is 0 Å². The number of sulfonamides is 1. The predicted octanol–water partition coefficient (Wildman–Crippen LogP) is 4.26. The monoisotopic (exact) mass is 512 g/mol. The first kappa shape index (κ1) is 24.3. The van der Waals surface area contributed by atoms with Crippen molar-refractivity contribution in [2.24, 2.45) is 17.8 Å². The average molecular weight is 513 g/mol. The van der Waals surface area contributed by atoms with E-state index >= 15 is 0 Å². The number of piperidine rings is 1. The Labute approximate surface area is 211 Å². The van der Waals surface area contributed by atoms with Crippen molar-refractivity contribution in [1.29, 1.82) is 0 Å². The number of hydrogen-bond acceptors (Lipinski definition) is 6. The summed E-state index contributed by atoms with van der Waals surface area (Å²) in [6.07, 6.45) is 6.63. The highest BCUT2D eigenvalue weighted by atomic mass is 32.2. The summed E-state index contributed by atoms with van der Waals surface area (Å²) in [5.74, 6) is 1.27. The average Bonchev–Trinajstić information content (AvgIpc) is 3.38. The van der Waals surface area contributed by atoms with Crippen LogP contribution >= 0.6 is 11.7 Å². The maximum atomic E-state index is 13.1. The Balaban J connectivity index is 1.07. The lowest BCUT2D eigenvalue weighted by atomic mass is 9.81. The molecule has 35 heavy (non-hydrogen) atoms. The highest BCUT2D eigenvalue weighted by molar-refractivity contribution is 7.89. The zero-order valence-electron chi connectivity index (χ0n) is 19.8. The van der Waals surface area contributed by atoms with Gasteiger partial charge in [-0.15, -0.1) is 0 Å². The molecule has 0 bridgehead atoms. The summed E-state index contributed by atoms with van der Waals surface area (Å²) in [7, 11) is -3.65. The Kier molecular flexibility index (Phi) is 7.45. The van der Waals surface area contributed by atoms with Gasteiger partial charge in [0.15, 0.2) is 0 Å². The fourth-order valence-corrected chi connectivity index (χ4v) is 7.36. The Morgan fingerprint density at radius 2 is 1.66 bits per heavy atom. The van der Waals surface area contributed by atoms with E-state index in [0.29, 0.717) is 29.4 Å². The van der Waals surface area contributed by atoms with Crippen LogP contribution in [-0.2, 0) is 21.2 Å². The zero-order chi connectivity index (χ0) is 24.3. The van der Waals surface area contributed by atoms with Crippen LogP contribution in [0.2, 0.25) is 0 Å². The Morgan fingerprint density at radius 3 is 2.40 bits per heavy atom. The number of carbonyl (C=O) groups excluding carboxylic acids is 1. The van der Waals surface area contributed by atoms with Crippen molar-refractivity contribution in [3.05, 3.63) is 54.1 Å². The number of hydrogen-bond donors (Lipinski definition) is 1. The molecule has 2 aromatic carbocycles. The van der Waals surface area contributed by atoms with E-state index in [9.17, 15) is 13.2 Å². The molecule has 5 rings (SSSR count). The van der Waals surface area contributed by atoms with Crippen LogP contribution in [0, 0.1) is 17.8 Å². The first-order valence-corrected chi connectivity index (χ1v) is 14.7. The van der Waals surface area contributed by atoms with Crippen LogP contribution in [-0.4, -0.2) is 47.6 Å². The second kappa shape index (κ2) is 10.7. The van der Waals surface area contributed by atoms with Crippen LogP contribution in [0.25, 0.3) is 11.0 Å². The van der Waals surface area contributed by atoms with Crippen molar-refractivity contribution in [2.45, 2.75) is 49.8 Å². The van der Waals surface area contributed by atoms with E-state index in [1.165, 1.54) is 5.56 Å². The fourth-order valence-electron chi connectivity index (χ4n) is 5.48. The van der Waals surface area contributed by atoms with Gasteiger partial charge in [-0.25, -0.2) is 13.1 Å². The number of benzene rings is 2. The molecule has 186 valence electrons. The topological polar surface area (TPSA) is 92.3 Å². The van der Waals surface area contributed by atoms with E-state index in [0.717, 1.165) is 69.8 Å². The minimum atomic E-state index is -3.65. The van der Waals surface area contributed by atoms with Crippen LogP contribution in [0.1, 0.15) is 44.1 Å². The molecule has 7 nitrogen and oxygen atoms in total. The molecule has 1 amide bonds. The summed E-state index contributed by atoms with van der Waals surface area (Å²) in [6, 6.07) is 15.6. The maximum Gasteiger partial charge on any atom is 0.242 e. The van der Waals surface area contributed by atoms with E-state index in [2.05, 4.69) is 48.7 Å². The van der Waals surface area contributed by atoms with Gasteiger partial charge < -0.3 is 4.90 Å². The van der Waals surface area contributed by atoms with E-state index in [1.54, 1.807) is 18.2 Å². The van der Waals surface area contributed by atoms with Gasteiger partial charge in [-0.3, -0.25) is 4.79 Å². The summed E-state index contributed by atoms with van der Waals surface area (Å²) in [5.41, 5.74) is 2.40. The molecule has 2 heterocycles. The number of aromatic nitrogens is 2. The Bertz CT molecular complexity index is 1250. The molecule has 0 spiro atoms. The summed E-state index contributed by atoms with van der Waals surface area (Å²) >= 11 is 1.02. The van der Waals surface area contributed by atoms with Gasteiger partial charge in [0.05, 0.1) is 11.7 Å². The quantitative estimate of drug-likeness (QED) is 0.511. The van der Waals surface area contributed by atoms with Gasteiger partial charge in [-0.2, -0.15) is 8.75 Å². The van der Waals surface area contributed by atoms with Gasteiger partial charge >= 0.3 is 0 Å². The van der Waals surface area contributed by atoms with Crippen molar-refractivity contribution in [2.75, 3.05) is 19.6 Å². The third-order valence-electron chi connectivity index (χ3n) is 7.59. The molecular formula is C26H32N4O3S2. The van der Waals surface area contributed by atoms with Crippen LogP contribution in [0.3, 0.4) is 0 Å². The lowest BCUT2D eigenvalue weighted by Gasteiger charge is -2.36. The Hall–Kier alpha value is -2.36. The van der Waals surface area contributed by atoms with Gasteiger partial charge in [0.25, 0.3) is 0 Å². The largest absolute Gasteiger partial charge is 0.342 e. The third kappa shape index (κ3) is 5.73. The number of amides is 1. The standard InChI is InChI=1S/C26H32N4O3S2/c31-26(30-15-13-20(14-16-30)17-19-5-2-1-3-6-19)22-11-9-21(10-12-22)18-27-35(32,33)24-8-4-7-23-25(24)29-34-28-23/h1-8,20-22,27H,9-18H2. The van der Waals surface area contributed by atoms with Crippen LogP contribution in [0.15, 0.2) is 53.4 Å². The van der Waals surface area contributed by atoms with Crippen LogP contribution < -0.4 is 4.72 Å². The molecule has 0 radical (unpaired) electrons. The second-order valence-electron chi connectivity index (χ2n) is 9.92. The van der Waals surface area contributed by atoms with E-state index < -0.39 is 10.0 Å². The maximum absolute atomic E-state index is 13.1. The van der Waals surface area contributed by atoms with E-state index in [4.69, 9.17) is 0 Å². The van der Waals surface area contributed by atoms with Gasteiger partial charge in [0.1, 0.15) is 15.9 Å². The van der Waals surface area contributed by atoms with Crippen molar-refractivity contribution in [1.82, 2.24) is 18.4 Å². The highest BCUT2D eigenvalue weighted by Gasteiger charge is 2.32. The molecule has 1 aliphatic carbocycles. The molecule has 0 atom stereocenters. The molecule has 9 heteroatoms. The van der Waals surface area contributed by atoms with E-state index in [-0.39, 0.29) is 16.7 Å². The molecule has 3 aromatic rings. The zero-order valence-corrected chi connectivity index (χ0v) is 21.4. The van der Waals surface area contributed by atoms with Gasteiger partial charge in [0, 0.05) is 25.6 Å². The molecule has 1 aliphatic heterocycles. The minimum Gasteiger partial charge on any atom is -0.342 e. The smallest absolute Gasteiger partial charge is 0.242 e. The molecule has 1 saturated heterocycles. The lowest BCUT2D eigenvalue weighted by Crippen LogP contribution is -2.43. The molecule has 1 aromatic heterocycles. The predicted molar refractivity (Wildman–Crippen MR) is 138 cm³/mol. The van der Waals surface area contributed by atoms with Gasteiger partial charge in [-0.1, -0.05) is 36.4 Å². The molecule has 0 unspecified atom stereocenters. The Morgan fingerprint density at radius 1 is 0.914 bits per heavy atom. The molecule has 2 fully saturated rings. The molecular weight excluding hydrogens is 480 g/mol. The number of fused-ring (bicyclic) bond motifs is 1. The number of rotatable bonds is 7. The number of nitrogens with one attached hydrogen (secondary N) is 1. The first-order chi connectivity index (χ1) is 17.0. The fraction of sp³-hybridized carbons (Fsp3) is 0.500. The molecule has 1 N–H and O–H groups in total.